The Morgan fingerprint density at radius 1 is 0.575 bits per heavy atom. The maximum Gasteiger partial charge on any atom is 0.0726 e. The monoisotopic (exact) mass is 1100 g/mol. The predicted octanol–water partition coefficient (Wildman–Crippen LogP) is 18.2. The van der Waals surface area contributed by atoms with Gasteiger partial charge in [0.15, 0.2) is 0 Å². The first-order valence-electron chi connectivity index (χ1n) is 33.3. The van der Waals surface area contributed by atoms with Gasteiger partial charge in [-0.2, -0.15) is 0 Å². The quantitative estimate of drug-likeness (QED) is 0.168. The highest BCUT2D eigenvalue weighted by molar-refractivity contribution is 5.33. The Labute approximate surface area is 491 Å². The molecule has 80 heavy (non-hydrogen) atoms. The van der Waals surface area contributed by atoms with Gasteiger partial charge in [0.1, 0.15) is 0 Å². The second-order valence-corrected chi connectivity index (χ2v) is 32.8. The largest absolute Gasteiger partial charge is 0.393 e. The molecule has 0 radical (unpaired) electrons. The molecule has 20 atom stereocenters. The summed E-state index contributed by atoms with van der Waals surface area (Å²) < 4.78 is 0. The van der Waals surface area contributed by atoms with Crippen molar-refractivity contribution < 1.29 is 25.5 Å². The van der Waals surface area contributed by atoms with Crippen molar-refractivity contribution >= 4 is 0 Å². The van der Waals surface area contributed by atoms with Crippen LogP contribution in [0.3, 0.4) is 0 Å². The molecule has 0 unspecified atom stereocenters. The number of aliphatic hydroxyl groups is 5. The second kappa shape index (κ2) is 23.3. The van der Waals surface area contributed by atoms with Gasteiger partial charge < -0.3 is 25.5 Å². The van der Waals surface area contributed by atoms with Crippen molar-refractivity contribution in [2.75, 3.05) is 0 Å². The van der Waals surface area contributed by atoms with Gasteiger partial charge >= 0.3 is 0 Å². The molecule has 5 nitrogen and oxygen atoms in total. The van der Waals surface area contributed by atoms with Crippen LogP contribution in [0.25, 0.3) is 0 Å². The normalized spacial score (nSPS) is 46.2. The summed E-state index contributed by atoms with van der Waals surface area (Å²) in [7, 11) is 0. The maximum absolute atomic E-state index is 10.6. The van der Waals surface area contributed by atoms with Gasteiger partial charge in [0, 0.05) is 5.92 Å². The zero-order chi connectivity index (χ0) is 59.2. The summed E-state index contributed by atoms with van der Waals surface area (Å²) in [6.07, 6.45) is 28.7. The van der Waals surface area contributed by atoms with Crippen LogP contribution in [-0.4, -0.2) is 56.1 Å². The first-order valence-corrected chi connectivity index (χ1v) is 33.3. The van der Waals surface area contributed by atoms with E-state index in [0.717, 1.165) is 50.4 Å². The Hall–Kier alpha value is -2.02. The molecule has 4 bridgehead atoms. The van der Waals surface area contributed by atoms with Gasteiger partial charge in [0.25, 0.3) is 0 Å². The van der Waals surface area contributed by atoms with Crippen LogP contribution in [0.5, 0.6) is 0 Å². The zero-order valence-corrected chi connectivity index (χ0v) is 54.6. The molecular formula is C75H122O5. The predicted molar refractivity (Wildman–Crippen MR) is 337 cm³/mol. The fraction of sp³-hybridized carbons (Fsp3) is 0.813. The van der Waals surface area contributed by atoms with Crippen LogP contribution < -0.4 is 0 Å². The van der Waals surface area contributed by atoms with Crippen molar-refractivity contribution in [2.24, 2.45) is 103 Å². The van der Waals surface area contributed by atoms with Crippen LogP contribution in [0, 0.1) is 103 Å². The smallest absolute Gasteiger partial charge is 0.0726 e. The van der Waals surface area contributed by atoms with Crippen LogP contribution in [-0.2, 0) is 0 Å². The molecule has 12 aliphatic rings. The Bertz CT molecular complexity index is 2370. The van der Waals surface area contributed by atoms with E-state index < -0.39 is 0 Å². The summed E-state index contributed by atoms with van der Waals surface area (Å²) >= 11 is 0. The van der Waals surface area contributed by atoms with Gasteiger partial charge in [-0.1, -0.05) is 165 Å². The Balaban J connectivity index is 0.000000131. The third kappa shape index (κ3) is 11.1. The molecule has 0 aromatic heterocycles. The maximum atomic E-state index is 10.6. The third-order valence-corrected chi connectivity index (χ3v) is 27.8. The van der Waals surface area contributed by atoms with Crippen molar-refractivity contribution in [2.45, 2.75) is 283 Å². The van der Waals surface area contributed by atoms with Gasteiger partial charge in [0.05, 0.1) is 30.5 Å². The number of hydrogen-bond donors (Lipinski definition) is 5. The van der Waals surface area contributed by atoms with Crippen LogP contribution in [0.4, 0.5) is 0 Å². The van der Waals surface area contributed by atoms with Gasteiger partial charge in [0.2, 0.25) is 0 Å². The van der Waals surface area contributed by atoms with E-state index in [1.165, 1.54) is 135 Å². The fourth-order valence-electron chi connectivity index (χ4n) is 21.1. The van der Waals surface area contributed by atoms with Crippen molar-refractivity contribution in [1.29, 1.82) is 0 Å². The molecule has 0 saturated heterocycles. The third-order valence-electron chi connectivity index (χ3n) is 27.8. The Kier molecular flexibility index (Phi) is 18.7. The minimum absolute atomic E-state index is 0.0885. The van der Waals surface area contributed by atoms with Crippen molar-refractivity contribution in [3.8, 4) is 0 Å². The number of aliphatic hydroxyl groups excluding tert-OH is 5. The van der Waals surface area contributed by atoms with E-state index >= 15 is 0 Å². The van der Waals surface area contributed by atoms with E-state index in [2.05, 4.69) is 150 Å². The molecule has 3 spiro atoms. The van der Waals surface area contributed by atoms with Crippen LogP contribution in [0.15, 0.2) is 82.0 Å². The van der Waals surface area contributed by atoms with E-state index in [4.69, 9.17) is 0 Å². The molecule has 12 aliphatic carbocycles. The van der Waals surface area contributed by atoms with E-state index in [9.17, 15) is 25.5 Å². The molecule has 5 heteroatoms. The van der Waals surface area contributed by atoms with E-state index in [-0.39, 0.29) is 30.5 Å². The standard InChI is InChI=1S/4C15H24O.C15H26O/c2*1-9-12-7-13(16)10(2)15(12)6-5-11(8-15)14(9,3)4;1-10(2)12-5-6-13-8-14(16)7-11(3)15(13,4)9-12;1-10(2)13-5-6-15(9-13)11(3)7-14(16)8-12(15)4;1-10(2)12-7-9-15(4)8-5-6-11(3)13(15)14(12)16/h2*10-13,16H,1,5-8H2,2-4H3;8,11,14,16H,5-7,9H2,1-4H3;7,12,14,16H,5-6,8-9H2,1-4H3;10,12-14,16H,3,5-9H2,1-2,4H3/t10-,11+,12+,13+,15-;10-,11+,12+,13-,15-;11-,14+,15+;12-,14-,15+;12-,13+,14-,15+/m00111/s1. The van der Waals surface area contributed by atoms with Crippen LogP contribution >= 0.6 is 0 Å². The molecule has 452 valence electrons. The van der Waals surface area contributed by atoms with Gasteiger partial charge in [-0.05, 0) is 267 Å². The molecule has 0 aromatic carbocycles. The molecular weight excluding hydrogens is 981 g/mol. The molecule has 0 aliphatic heterocycles. The van der Waals surface area contributed by atoms with E-state index in [1.54, 1.807) is 11.1 Å². The van der Waals surface area contributed by atoms with E-state index in [0.29, 0.717) is 91.2 Å². The van der Waals surface area contributed by atoms with Gasteiger partial charge in [-0.15, -0.1) is 0 Å². The van der Waals surface area contributed by atoms with Crippen LogP contribution in [0.2, 0.25) is 0 Å². The lowest BCUT2D eigenvalue weighted by molar-refractivity contribution is -0.0669. The summed E-state index contributed by atoms with van der Waals surface area (Å²) in [5.74, 6) is 6.40. The van der Waals surface area contributed by atoms with Crippen molar-refractivity contribution in [1.82, 2.24) is 0 Å². The number of fused-ring (bicyclic) bond motifs is 4. The van der Waals surface area contributed by atoms with Crippen molar-refractivity contribution in [3.63, 3.8) is 0 Å². The molecule has 0 amide bonds. The highest BCUT2D eigenvalue weighted by atomic mass is 16.3. The number of allylic oxidation sites excluding steroid dienone is 8. The first kappa shape index (κ1) is 64.0. The summed E-state index contributed by atoms with van der Waals surface area (Å²) in [5.41, 5.74) is 15.8. The summed E-state index contributed by atoms with van der Waals surface area (Å²) in [5, 5.41) is 50.6. The van der Waals surface area contributed by atoms with Crippen molar-refractivity contribution in [3.05, 3.63) is 82.0 Å². The average Bonchev–Trinajstić information content (AvgIpc) is 4.32. The molecule has 10 saturated carbocycles. The summed E-state index contributed by atoms with van der Waals surface area (Å²) in [6, 6.07) is 0. The molecule has 5 N–H and O–H groups in total. The summed E-state index contributed by atoms with van der Waals surface area (Å²) in [6.45, 7) is 52.0. The Morgan fingerprint density at radius 3 is 1.56 bits per heavy atom. The Morgan fingerprint density at radius 2 is 1.07 bits per heavy atom. The minimum Gasteiger partial charge on any atom is -0.393 e. The zero-order valence-electron chi connectivity index (χ0n) is 54.6. The lowest BCUT2D eigenvalue weighted by Crippen LogP contribution is -2.48. The summed E-state index contributed by atoms with van der Waals surface area (Å²) in [4.78, 5) is 0. The molecule has 0 heterocycles. The van der Waals surface area contributed by atoms with Gasteiger partial charge in [-0.25, -0.2) is 0 Å². The second-order valence-electron chi connectivity index (χ2n) is 32.8. The molecule has 12 rings (SSSR count). The van der Waals surface area contributed by atoms with Gasteiger partial charge in [-0.3, -0.25) is 0 Å². The number of hydrogen-bond acceptors (Lipinski definition) is 5. The minimum atomic E-state index is -0.212. The fourth-order valence-corrected chi connectivity index (χ4v) is 21.1. The number of rotatable bonds is 1. The molecule has 10 fully saturated rings. The lowest BCUT2D eigenvalue weighted by Gasteiger charge is -2.52. The SMILES string of the molecule is C=C1CCC[C@@]2(C)CC[C@H](C(C)C)[C@@H](O)[C@H]12.C=C1[C@H]2C[C@@H](O)[C@H](C)[C@@]23CC[C@H](C3)C1(C)C.C=C1[C@H]2C[C@H](O)[C@H](C)[C@@]23CC[C@H](C3)C1(C)C.CC(C)=C1CCC2=C[C@@H](O)C[C@@H](C)[C@]2(C)C1.CC1=C[C@@H](O)C[C@@H](C)[C@]12CCC(=C(C)C)C2. The first-order chi connectivity index (χ1) is 37.1. The highest BCUT2D eigenvalue weighted by Crippen LogP contribution is 2.71. The highest BCUT2D eigenvalue weighted by Gasteiger charge is 2.65. The van der Waals surface area contributed by atoms with Crippen LogP contribution in [0.1, 0.15) is 253 Å². The topological polar surface area (TPSA) is 101 Å². The lowest BCUT2D eigenvalue weighted by atomic mass is 9.54. The average molecular weight is 1100 g/mol. The molecule has 0 aromatic rings. The van der Waals surface area contributed by atoms with E-state index in [1.807, 2.05) is 0 Å².